The van der Waals surface area contributed by atoms with E-state index in [0.29, 0.717) is 26.2 Å². The van der Waals surface area contributed by atoms with E-state index in [0.717, 1.165) is 19.6 Å². The van der Waals surface area contributed by atoms with E-state index in [1.165, 1.54) is 5.56 Å². The molecular formula is C21H33N3O3. The number of hydrogen-bond acceptors (Lipinski definition) is 5. The van der Waals surface area contributed by atoms with E-state index >= 15 is 0 Å². The molecule has 1 heterocycles. The number of nitrogens with two attached hydrogens (primary N) is 1. The Balaban J connectivity index is 1.49. The van der Waals surface area contributed by atoms with Gasteiger partial charge >= 0.3 is 0 Å². The largest absolute Gasteiger partial charge is 0.378 e. The van der Waals surface area contributed by atoms with Crippen molar-refractivity contribution in [2.24, 2.45) is 11.1 Å². The van der Waals surface area contributed by atoms with Crippen molar-refractivity contribution in [2.75, 3.05) is 32.8 Å². The summed E-state index contributed by atoms with van der Waals surface area (Å²) in [6, 6.07) is 10.4. The normalized spacial score (nSPS) is 30.5. The fraction of sp³-hybridized carbons (Fsp3) is 0.667. The summed E-state index contributed by atoms with van der Waals surface area (Å²) in [6.45, 7) is 10.4. The summed E-state index contributed by atoms with van der Waals surface area (Å²) in [4.78, 5) is 15.1. The fourth-order valence-corrected chi connectivity index (χ4v) is 4.07. The lowest BCUT2D eigenvalue weighted by molar-refractivity contribution is -0.171. The highest BCUT2D eigenvalue weighted by molar-refractivity contribution is 5.88. The van der Waals surface area contributed by atoms with Crippen LogP contribution in [0.2, 0.25) is 0 Å². The number of benzene rings is 1. The number of carbonyl (C=O) groups excluding carboxylic acids is 1. The predicted octanol–water partition coefficient (Wildman–Crippen LogP) is 1.54. The first-order chi connectivity index (χ1) is 12.9. The van der Waals surface area contributed by atoms with E-state index < -0.39 is 5.54 Å². The zero-order valence-corrected chi connectivity index (χ0v) is 16.7. The molecule has 3 unspecified atom stereocenters. The van der Waals surface area contributed by atoms with E-state index in [-0.39, 0.29) is 23.5 Å². The summed E-state index contributed by atoms with van der Waals surface area (Å²) in [6.07, 6.45) is 0.581. The highest BCUT2D eigenvalue weighted by Crippen LogP contribution is 2.49. The van der Waals surface area contributed by atoms with Gasteiger partial charge in [-0.25, -0.2) is 0 Å². The molecule has 0 spiro atoms. The van der Waals surface area contributed by atoms with Gasteiger partial charge in [0.1, 0.15) is 5.54 Å². The van der Waals surface area contributed by atoms with Crippen LogP contribution in [-0.2, 0) is 20.8 Å². The first-order valence-electron chi connectivity index (χ1n) is 9.93. The Hall–Kier alpha value is -1.47. The molecule has 150 valence electrons. The van der Waals surface area contributed by atoms with Crippen molar-refractivity contribution >= 4 is 5.91 Å². The van der Waals surface area contributed by atoms with Crippen molar-refractivity contribution in [3.63, 3.8) is 0 Å². The Bertz CT molecular complexity index is 637. The van der Waals surface area contributed by atoms with Gasteiger partial charge in [-0.15, -0.1) is 0 Å². The number of hydrogen-bond donors (Lipinski definition) is 2. The van der Waals surface area contributed by atoms with Crippen LogP contribution in [0.1, 0.15) is 32.8 Å². The molecule has 1 saturated heterocycles. The van der Waals surface area contributed by atoms with Gasteiger partial charge in [0.15, 0.2) is 0 Å². The maximum Gasteiger partial charge on any atom is 0.240 e. The summed E-state index contributed by atoms with van der Waals surface area (Å²) in [5.74, 6) is -0.104. The smallest absolute Gasteiger partial charge is 0.240 e. The van der Waals surface area contributed by atoms with Crippen LogP contribution in [0.25, 0.3) is 0 Å². The van der Waals surface area contributed by atoms with Gasteiger partial charge in [0, 0.05) is 44.6 Å². The van der Waals surface area contributed by atoms with Gasteiger partial charge in [-0.2, -0.15) is 0 Å². The average molecular weight is 376 g/mol. The zero-order chi connectivity index (χ0) is 19.5. The second kappa shape index (κ2) is 8.27. The number of nitrogens with one attached hydrogen (secondary N) is 1. The number of rotatable bonds is 7. The lowest BCUT2D eigenvalue weighted by Gasteiger charge is -2.57. The monoisotopic (exact) mass is 375 g/mol. The molecule has 1 aliphatic carbocycles. The fourth-order valence-electron chi connectivity index (χ4n) is 4.07. The molecule has 3 atom stereocenters. The number of morpholine rings is 1. The van der Waals surface area contributed by atoms with Gasteiger partial charge in [0.2, 0.25) is 5.91 Å². The van der Waals surface area contributed by atoms with Crippen molar-refractivity contribution < 1.29 is 14.3 Å². The highest BCUT2D eigenvalue weighted by Gasteiger charge is 2.62. The maximum atomic E-state index is 12.8. The standard InChI is InChI=1S/C21H33N3O3/c1-4-26-18-12-21(22,20(18,2)3)19(25)23-13-17-15-24(10-11-27-17)14-16-8-6-5-7-9-16/h5-9,17-18H,4,10-15,22H2,1-3H3,(H,23,25). The van der Waals surface area contributed by atoms with E-state index in [1.54, 1.807) is 0 Å². The zero-order valence-electron chi connectivity index (χ0n) is 16.7. The van der Waals surface area contributed by atoms with Crippen molar-refractivity contribution in [3.05, 3.63) is 35.9 Å². The maximum absolute atomic E-state index is 12.8. The first-order valence-corrected chi connectivity index (χ1v) is 9.93. The van der Waals surface area contributed by atoms with Crippen molar-refractivity contribution in [1.29, 1.82) is 0 Å². The summed E-state index contributed by atoms with van der Waals surface area (Å²) >= 11 is 0. The molecule has 6 heteroatoms. The molecule has 1 aliphatic heterocycles. The highest BCUT2D eigenvalue weighted by atomic mass is 16.5. The van der Waals surface area contributed by atoms with Crippen LogP contribution in [0, 0.1) is 5.41 Å². The van der Waals surface area contributed by atoms with Crippen LogP contribution in [0.4, 0.5) is 0 Å². The van der Waals surface area contributed by atoms with Gasteiger partial charge in [0.25, 0.3) is 0 Å². The van der Waals surface area contributed by atoms with Crippen LogP contribution in [0.3, 0.4) is 0 Å². The van der Waals surface area contributed by atoms with Crippen molar-refractivity contribution in [1.82, 2.24) is 10.2 Å². The number of ether oxygens (including phenoxy) is 2. The molecular weight excluding hydrogens is 342 g/mol. The molecule has 3 N–H and O–H groups in total. The third-order valence-corrected chi connectivity index (χ3v) is 6.20. The molecule has 6 nitrogen and oxygen atoms in total. The summed E-state index contributed by atoms with van der Waals surface area (Å²) in [5, 5.41) is 3.03. The molecule has 3 rings (SSSR count). The lowest BCUT2D eigenvalue weighted by Crippen LogP contribution is -2.76. The average Bonchev–Trinajstić information content (AvgIpc) is 2.67. The Kier molecular flexibility index (Phi) is 6.21. The molecule has 1 saturated carbocycles. The molecule has 1 amide bonds. The van der Waals surface area contributed by atoms with Crippen LogP contribution >= 0.6 is 0 Å². The van der Waals surface area contributed by atoms with E-state index in [1.807, 2.05) is 26.8 Å². The topological polar surface area (TPSA) is 76.8 Å². The van der Waals surface area contributed by atoms with Gasteiger partial charge in [-0.3, -0.25) is 9.69 Å². The van der Waals surface area contributed by atoms with Gasteiger partial charge < -0.3 is 20.5 Å². The van der Waals surface area contributed by atoms with E-state index in [2.05, 4.69) is 34.5 Å². The van der Waals surface area contributed by atoms with Crippen LogP contribution in [0.15, 0.2) is 30.3 Å². The minimum Gasteiger partial charge on any atom is -0.378 e. The molecule has 1 aromatic carbocycles. The van der Waals surface area contributed by atoms with E-state index in [4.69, 9.17) is 15.2 Å². The number of amides is 1. The Labute approximate surface area is 162 Å². The summed E-state index contributed by atoms with van der Waals surface area (Å²) in [7, 11) is 0. The molecule has 27 heavy (non-hydrogen) atoms. The van der Waals surface area contributed by atoms with Crippen LogP contribution in [-0.4, -0.2) is 61.4 Å². The molecule has 0 radical (unpaired) electrons. The minimum absolute atomic E-state index is 0.0131. The molecule has 2 aliphatic rings. The first kappa shape index (κ1) is 20.3. The second-order valence-electron chi connectivity index (χ2n) is 8.26. The molecule has 2 fully saturated rings. The predicted molar refractivity (Wildman–Crippen MR) is 105 cm³/mol. The minimum atomic E-state index is -0.884. The van der Waals surface area contributed by atoms with Crippen molar-refractivity contribution in [2.45, 2.75) is 51.5 Å². The third kappa shape index (κ3) is 4.19. The summed E-state index contributed by atoms with van der Waals surface area (Å²) in [5.41, 5.74) is 6.48. The molecule has 0 aromatic heterocycles. The van der Waals surface area contributed by atoms with Crippen LogP contribution < -0.4 is 11.1 Å². The number of nitrogens with zero attached hydrogens (tertiary/aromatic N) is 1. The lowest BCUT2D eigenvalue weighted by atomic mass is 9.54. The third-order valence-electron chi connectivity index (χ3n) is 6.20. The van der Waals surface area contributed by atoms with Gasteiger partial charge in [-0.1, -0.05) is 44.2 Å². The SMILES string of the molecule is CCOC1CC(N)(C(=O)NCC2CN(Cc3ccccc3)CCO2)C1(C)C. The van der Waals surface area contributed by atoms with Gasteiger partial charge in [0.05, 0.1) is 18.8 Å². The second-order valence-corrected chi connectivity index (χ2v) is 8.26. The van der Waals surface area contributed by atoms with E-state index in [9.17, 15) is 4.79 Å². The Morgan fingerprint density at radius 2 is 2.11 bits per heavy atom. The summed E-state index contributed by atoms with van der Waals surface area (Å²) < 4.78 is 11.6. The number of carbonyl (C=O) groups is 1. The van der Waals surface area contributed by atoms with Crippen LogP contribution in [0.5, 0.6) is 0 Å². The Morgan fingerprint density at radius 1 is 1.37 bits per heavy atom. The van der Waals surface area contributed by atoms with Gasteiger partial charge in [-0.05, 0) is 12.5 Å². The quantitative estimate of drug-likeness (QED) is 0.756. The van der Waals surface area contributed by atoms with Crippen molar-refractivity contribution in [3.8, 4) is 0 Å². The molecule has 1 aromatic rings. The Morgan fingerprint density at radius 3 is 2.78 bits per heavy atom. The molecule has 0 bridgehead atoms.